The molecule has 6 N–H and O–H groups in total. The van der Waals surface area contributed by atoms with E-state index < -0.39 is 40.4 Å². The quantitative estimate of drug-likeness (QED) is 0.139. The molecule has 0 aliphatic rings. The van der Waals surface area contributed by atoms with Crippen LogP contribution in [0.15, 0.2) is 30.3 Å². The van der Waals surface area contributed by atoms with Gasteiger partial charge in [0.1, 0.15) is 5.82 Å². The maximum absolute atomic E-state index is 13.5. The van der Waals surface area contributed by atoms with E-state index >= 15 is 0 Å². The van der Waals surface area contributed by atoms with Gasteiger partial charge in [-0.25, -0.2) is 27.1 Å². The van der Waals surface area contributed by atoms with Crippen LogP contribution >= 0.6 is 0 Å². The molecule has 0 spiro atoms. The van der Waals surface area contributed by atoms with E-state index in [0.717, 1.165) is 10.6 Å². The monoisotopic (exact) mass is 603 g/mol. The van der Waals surface area contributed by atoms with Gasteiger partial charge in [0.25, 0.3) is 0 Å². The van der Waals surface area contributed by atoms with Crippen molar-refractivity contribution in [3.05, 3.63) is 47.4 Å². The summed E-state index contributed by atoms with van der Waals surface area (Å²) in [6, 6.07) is 5.49. The molecule has 41 heavy (non-hydrogen) atoms. The maximum Gasteiger partial charge on any atom is 0.305 e. The Kier molecular flexibility index (Phi) is 13.9. The number of quaternary nitrogens is 1. The van der Waals surface area contributed by atoms with Gasteiger partial charge >= 0.3 is 5.97 Å². The first-order valence-corrected chi connectivity index (χ1v) is 14.4. The number of aromatic nitrogens is 2. The highest BCUT2D eigenvalue weighted by molar-refractivity contribution is 7.92. The van der Waals surface area contributed by atoms with Gasteiger partial charge in [0.05, 0.1) is 43.3 Å². The molecule has 0 saturated carbocycles. The first-order valence-electron chi connectivity index (χ1n) is 12.5. The molecule has 0 saturated heterocycles. The third-order valence-electron chi connectivity index (χ3n) is 5.84. The van der Waals surface area contributed by atoms with Crippen molar-refractivity contribution >= 4 is 28.0 Å². The van der Waals surface area contributed by atoms with E-state index in [1.54, 1.807) is 7.05 Å². The lowest BCUT2D eigenvalue weighted by Gasteiger charge is -2.25. The number of sulfonamides is 1. The zero-order valence-corrected chi connectivity index (χ0v) is 24.5. The van der Waals surface area contributed by atoms with Gasteiger partial charge in [0, 0.05) is 24.6 Å². The van der Waals surface area contributed by atoms with Crippen LogP contribution in [0.5, 0.6) is 0 Å². The van der Waals surface area contributed by atoms with Gasteiger partial charge in [-0.2, -0.15) is 0 Å². The number of aliphatic hydroxyl groups excluding tert-OH is 5. The molecule has 0 unspecified atom stereocenters. The van der Waals surface area contributed by atoms with Crippen LogP contribution in [0.4, 0.5) is 10.3 Å². The van der Waals surface area contributed by atoms with E-state index in [-0.39, 0.29) is 43.0 Å². The molecule has 2 rings (SSSR count). The third kappa shape index (κ3) is 11.4. The normalized spacial score (nSPS) is 13.6. The first-order chi connectivity index (χ1) is 19.0. The predicted molar refractivity (Wildman–Crippen MR) is 150 cm³/mol. The smallest absolute Gasteiger partial charge is 0.305 e. The summed E-state index contributed by atoms with van der Waals surface area (Å²) >= 11 is 0. The van der Waals surface area contributed by atoms with Crippen LogP contribution in [0.1, 0.15) is 43.9 Å². The maximum atomic E-state index is 13.5. The Morgan fingerprint density at radius 3 is 2.02 bits per heavy atom. The average molecular weight is 604 g/mol. The van der Waals surface area contributed by atoms with Crippen LogP contribution in [-0.2, 0) is 14.8 Å². The number of aliphatic carboxylic acids is 1. The van der Waals surface area contributed by atoms with Crippen LogP contribution in [0.3, 0.4) is 0 Å². The molecule has 0 aliphatic heterocycles. The predicted octanol–water partition coefficient (Wildman–Crippen LogP) is 0.684. The number of nitrogens with zero attached hydrogens (tertiary/aromatic N) is 4. The molecular weight excluding hydrogens is 563 g/mol. The number of rotatable bonds is 13. The lowest BCUT2D eigenvalue weighted by molar-refractivity contribution is -0.959. The van der Waals surface area contributed by atoms with Gasteiger partial charge in [0.15, 0.2) is 20.2 Å². The van der Waals surface area contributed by atoms with E-state index in [4.69, 9.17) is 20.4 Å². The van der Waals surface area contributed by atoms with Crippen molar-refractivity contribution in [3.63, 3.8) is 0 Å². The van der Waals surface area contributed by atoms with Crippen LogP contribution in [0, 0.1) is 5.82 Å². The SMILES string of the molecule is CC(C)c1nc(N(C)S(C)(=O)=O)nc(-c2ccc(F)cc2)c1C=C[C@@H](O)C[C@@H](O)CC(=O)O.C[N+](CO)(CO)CO. The fourth-order valence-corrected chi connectivity index (χ4v) is 3.56. The largest absolute Gasteiger partial charge is 0.481 e. The fraction of sp³-hybridized carbons (Fsp3) is 0.500. The number of carbonyl (C=O) groups is 1. The number of carboxylic acids is 1. The molecule has 1 aromatic carbocycles. The highest BCUT2D eigenvalue weighted by Crippen LogP contribution is 2.31. The molecule has 230 valence electrons. The summed E-state index contributed by atoms with van der Waals surface area (Å²) < 4.78 is 38.5. The highest BCUT2D eigenvalue weighted by Gasteiger charge is 2.22. The van der Waals surface area contributed by atoms with Crippen LogP contribution in [-0.4, -0.2) is 112 Å². The molecular formula is C26H40FN4O9S+. The number of carboxylic acid groups (broad SMARTS) is 1. The van der Waals surface area contributed by atoms with E-state index in [0.29, 0.717) is 22.5 Å². The molecule has 1 aromatic heterocycles. The molecule has 0 aliphatic carbocycles. The van der Waals surface area contributed by atoms with E-state index in [1.807, 2.05) is 13.8 Å². The summed E-state index contributed by atoms with van der Waals surface area (Å²) in [5.41, 5.74) is 1.80. The van der Waals surface area contributed by atoms with Gasteiger partial charge < -0.3 is 30.6 Å². The molecule has 2 aromatic rings. The first kappa shape index (κ1) is 36.0. The van der Waals surface area contributed by atoms with Crippen molar-refractivity contribution in [1.82, 2.24) is 9.97 Å². The number of aliphatic hydroxyl groups is 5. The Labute approximate surface area is 239 Å². The Morgan fingerprint density at radius 2 is 1.61 bits per heavy atom. The second-order valence-electron chi connectivity index (χ2n) is 10.0. The van der Waals surface area contributed by atoms with Crippen LogP contribution < -0.4 is 4.31 Å². The van der Waals surface area contributed by atoms with Crippen molar-refractivity contribution < 1.29 is 52.7 Å². The Bertz CT molecular complexity index is 1260. The summed E-state index contributed by atoms with van der Waals surface area (Å²) in [6.45, 7) is 2.98. The molecule has 0 amide bonds. The number of anilines is 1. The van der Waals surface area contributed by atoms with Crippen molar-refractivity contribution in [2.45, 2.75) is 44.8 Å². The molecule has 0 fully saturated rings. The van der Waals surface area contributed by atoms with Gasteiger partial charge in [0.2, 0.25) is 16.0 Å². The van der Waals surface area contributed by atoms with E-state index in [1.165, 1.54) is 43.5 Å². The summed E-state index contributed by atoms with van der Waals surface area (Å²) in [4.78, 5) is 19.6. The van der Waals surface area contributed by atoms with Gasteiger partial charge in [-0.3, -0.25) is 9.28 Å². The third-order valence-corrected chi connectivity index (χ3v) is 7.00. The van der Waals surface area contributed by atoms with Crippen molar-refractivity contribution in [1.29, 1.82) is 0 Å². The number of halogens is 1. The van der Waals surface area contributed by atoms with Crippen LogP contribution in [0.2, 0.25) is 0 Å². The lowest BCUT2D eigenvalue weighted by Crippen LogP contribution is -2.46. The standard InChI is InChI=1S/C22H28FN3O6S.C4H12NO3/c1-13(2)20-18(10-9-16(27)11-17(28)12-19(29)30)21(14-5-7-15(23)8-6-14)25-22(24-20)26(3)33(4,31)32;1-5(2-6,3-7)4-8/h5-10,13,16-17,27-28H,11-12H2,1-4H3,(H,29,30);6-8H,2-4H2,1H3/q;+1/t16-,17-;/m1./s1. The summed E-state index contributed by atoms with van der Waals surface area (Å²) in [7, 11) is -0.784. The zero-order valence-electron chi connectivity index (χ0n) is 23.7. The molecule has 2 atom stereocenters. The Morgan fingerprint density at radius 1 is 1.07 bits per heavy atom. The zero-order chi connectivity index (χ0) is 31.5. The minimum absolute atomic E-state index is 0.0601. The Balaban J connectivity index is 0.000000915. The molecule has 0 radical (unpaired) electrons. The minimum atomic E-state index is -3.65. The topological polar surface area (TPSA) is 202 Å². The van der Waals surface area contributed by atoms with Crippen molar-refractivity contribution in [2.75, 3.05) is 44.8 Å². The minimum Gasteiger partial charge on any atom is -0.481 e. The van der Waals surface area contributed by atoms with Crippen LogP contribution in [0.25, 0.3) is 17.3 Å². The summed E-state index contributed by atoms with van der Waals surface area (Å²) in [6.07, 6.45) is 0.860. The van der Waals surface area contributed by atoms with E-state index in [2.05, 4.69) is 9.97 Å². The molecule has 15 heteroatoms. The molecule has 0 bridgehead atoms. The van der Waals surface area contributed by atoms with Gasteiger partial charge in [-0.15, -0.1) is 0 Å². The van der Waals surface area contributed by atoms with E-state index in [9.17, 15) is 27.8 Å². The second kappa shape index (κ2) is 15.8. The Hall–Kier alpha value is -3.05. The average Bonchev–Trinajstić information content (AvgIpc) is 2.90. The molecule has 1 heterocycles. The molecule has 13 nitrogen and oxygen atoms in total. The number of hydrogen-bond acceptors (Lipinski definition) is 10. The van der Waals surface area contributed by atoms with Gasteiger partial charge in [-0.05, 0) is 30.2 Å². The number of benzene rings is 1. The second-order valence-corrected chi connectivity index (χ2v) is 12.0. The summed E-state index contributed by atoms with van der Waals surface area (Å²) in [5, 5.41) is 54.1. The fourth-order valence-electron chi connectivity index (χ4n) is 3.18. The number of hydrogen-bond donors (Lipinski definition) is 6. The van der Waals surface area contributed by atoms with Crippen molar-refractivity contribution in [3.8, 4) is 11.3 Å². The van der Waals surface area contributed by atoms with Crippen molar-refractivity contribution in [2.24, 2.45) is 0 Å². The van der Waals surface area contributed by atoms with Gasteiger partial charge in [-0.1, -0.05) is 26.0 Å². The summed E-state index contributed by atoms with van der Waals surface area (Å²) in [5.74, 6) is -1.87. The lowest BCUT2D eigenvalue weighted by atomic mass is 9.97. The highest BCUT2D eigenvalue weighted by atomic mass is 32.2.